The number of anilines is 1. The number of aromatic nitrogens is 1. The van der Waals surface area contributed by atoms with Gasteiger partial charge in [0.25, 0.3) is 0 Å². The molecule has 0 aliphatic carbocycles. The molecular formula is C13H17N3O3S. The lowest BCUT2D eigenvalue weighted by atomic mass is 10.1. The largest absolute Gasteiger partial charge is 0.478 e. The lowest BCUT2D eigenvalue weighted by molar-refractivity contribution is -0.134. The number of amides is 1. The third-order valence-corrected chi connectivity index (χ3v) is 4.29. The van der Waals surface area contributed by atoms with Crippen LogP contribution in [0.2, 0.25) is 0 Å². The summed E-state index contributed by atoms with van der Waals surface area (Å²) < 4.78 is 0. The molecule has 1 amide bonds. The Labute approximate surface area is 121 Å². The van der Waals surface area contributed by atoms with Gasteiger partial charge in [0.15, 0.2) is 5.13 Å². The molecule has 2 rings (SSSR count). The third-order valence-electron chi connectivity index (χ3n) is 3.46. The molecule has 1 aromatic rings. The number of rotatable bonds is 3. The van der Waals surface area contributed by atoms with E-state index in [1.54, 1.807) is 29.4 Å². The maximum absolute atomic E-state index is 12.2. The topological polar surface area (TPSA) is 73.7 Å². The number of thiazole rings is 1. The van der Waals surface area contributed by atoms with Crippen LogP contribution in [-0.2, 0) is 9.59 Å². The number of hydrogen-bond donors (Lipinski definition) is 1. The van der Waals surface area contributed by atoms with Gasteiger partial charge in [0.1, 0.15) is 0 Å². The van der Waals surface area contributed by atoms with Crippen LogP contribution in [0.25, 0.3) is 0 Å². The van der Waals surface area contributed by atoms with Crippen LogP contribution in [0, 0.1) is 0 Å². The van der Waals surface area contributed by atoms with Crippen LogP contribution in [0.3, 0.4) is 0 Å². The number of carboxylic acids is 1. The highest BCUT2D eigenvalue weighted by Gasteiger charge is 2.24. The molecule has 0 bridgehead atoms. The lowest BCUT2D eigenvalue weighted by Gasteiger charge is -2.34. The van der Waals surface area contributed by atoms with Gasteiger partial charge in [-0.1, -0.05) is 0 Å². The van der Waals surface area contributed by atoms with Crippen molar-refractivity contribution >= 4 is 28.3 Å². The molecule has 20 heavy (non-hydrogen) atoms. The van der Waals surface area contributed by atoms with Crippen LogP contribution in [0.1, 0.15) is 13.8 Å². The standard InChI is InChI=1S/C13H17N3O3S/c1-9(10(2)12(18)19)11(17)15-4-6-16(7-5-15)13-14-3-8-20-13/h3,8H,4-7H2,1-2H3,(H,18,19). The lowest BCUT2D eigenvalue weighted by Crippen LogP contribution is -2.49. The predicted molar refractivity (Wildman–Crippen MR) is 76.9 cm³/mol. The van der Waals surface area contributed by atoms with E-state index in [1.165, 1.54) is 6.92 Å². The highest BCUT2D eigenvalue weighted by Crippen LogP contribution is 2.19. The molecule has 0 spiro atoms. The highest BCUT2D eigenvalue weighted by atomic mass is 32.1. The van der Waals surface area contributed by atoms with E-state index in [2.05, 4.69) is 9.88 Å². The normalized spacial score (nSPS) is 16.9. The van der Waals surface area contributed by atoms with E-state index in [1.807, 2.05) is 5.38 Å². The number of carboxylic acid groups (broad SMARTS) is 1. The number of carbonyl (C=O) groups is 2. The number of piperazine rings is 1. The minimum absolute atomic E-state index is 0.109. The molecule has 1 aliphatic rings. The van der Waals surface area contributed by atoms with Gasteiger partial charge in [-0.25, -0.2) is 9.78 Å². The third kappa shape index (κ3) is 2.98. The summed E-state index contributed by atoms with van der Waals surface area (Å²) in [4.78, 5) is 31.2. The smallest absolute Gasteiger partial charge is 0.331 e. The zero-order valence-electron chi connectivity index (χ0n) is 11.5. The molecule has 0 unspecified atom stereocenters. The van der Waals surface area contributed by atoms with Gasteiger partial charge >= 0.3 is 5.97 Å². The summed E-state index contributed by atoms with van der Waals surface area (Å²) in [5.41, 5.74) is 0.414. The highest BCUT2D eigenvalue weighted by molar-refractivity contribution is 7.13. The summed E-state index contributed by atoms with van der Waals surface area (Å²) >= 11 is 1.58. The van der Waals surface area contributed by atoms with Gasteiger partial charge in [-0.2, -0.15) is 0 Å². The molecular weight excluding hydrogens is 278 g/mol. The van der Waals surface area contributed by atoms with E-state index < -0.39 is 5.97 Å². The van der Waals surface area contributed by atoms with E-state index in [0.717, 1.165) is 18.2 Å². The number of aliphatic carboxylic acids is 1. The van der Waals surface area contributed by atoms with E-state index in [4.69, 9.17) is 5.11 Å². The molecule has 1 aromatic heterocycles. The maximum Gasteiger partial charge on any atom is 0.331 e. The first-order valence-corrected chi connectivity index (χ1v) is 7.23. The molecule has 0 saturated carbocycles. The minimum Gasteiger partial charge on any atom is -0.478 e. The molecule has 1 saturated heterocycles. The Morgan fingerprint density at radius 1 is 1.20 bits per heavy atom. The summed E-state index contributed by atoms with van der Waals surface area (Å²) in [6.45, 7) is 5.64. The molecule has 6 nitrogen and oxygen atoms in total. The Hall–Kier alpha value is -1.89. The molecule has 2 heterocycles. The van der Waals surface area contributed by atoms with E-state index in [-0.39, 0.29) is 11.5 Å². The summed E-state index contributed by atoms with van der Waals surface area (Å²) in [5.74, 6) is -1.24. The monoisotopic (exact) mass is 295 g/mol. The van der Waals surface area contributed by atoms with Crippen LogP contribution in [0.15, 0.2) is 22.7 Å². The first-order chi connectivity index (χ1) is 9.50. The second-order valence-corrected chi connectivity index (χ2v) is 5.52. The molecule has 1 fully saturated rings. The second-order valence-electron chi connectivity index (χ2n) is 4.65. The van der Waals surface area contributed by atoms with Crippen LogP contribution in [-0.4, -0.2) is 53.0 Å². The Kier molecular flexibility index (Phi) is 4.39. The van der Waals surface area contributed by atoms with Gasteiger partial charge in [-0.05, 0) is 13.8 Å². The Morgan fingerprint density at radius 3 is 2.35 bits per heavy atom. The van der Waals surface area contributed by atoms with Crippen molar-refractivity contribution in [3.8, 4) is 0 Å². The van der Waals surface area contributed by atoms with Crippen molar-refractivity contribution in [2.24, 2.45) is 0 Å². The summed E-state index contributed by atoms with van der Waals surface area (Å²) in [6, 6.07) is 0. The number of hydrogen-bond acceptors (Lipinski definition) is 5. The van der Waals surface area contributed by atoms with Gasteiger partial charge in [0, 0.05) is 48.9 Å². The predicted octanol–water partition coefficient (Wildman–Crippen LogP) is 1.21. The summed E-state index contributed by atoms with van der Waals surface area (Å²) in [6.07, 6.45) is 1.76. The van der Waals surface area contributed by atoms with Crippen molar-refractivity contribution in [2.75, 3.05) is 31.1 Å². The fourth-order valence-electron chi connectivity index (χ4n) is 2.03. The van der Waals surface area contributed by atoms with E-state index in [0.29, 0.717) is 18.7 Å². The van der Waals surface area contributed by atoms with Crippen LogP contribution < -0.4 is 4.90 Å². The van der Waals surface area contributed by atoms with Crippen molar-refractivity contribution in [1.29, 1.82) is 0 Å². The Morgan fingerprint density at radius 2 is 1.85 bits per heavy atom. The fraction of sp³-hybridized carbons (Fsp3) is 0.462. The van der Waals surface area contributed by atoms with Crippen molar-refractivity contribution < 1.29 is 14.7 Å². The SMILES string of the molecule is CC(C(=O)O)=C(C)C(=O)N1CCN(c2nccs2)CC1. The van der Waals surface area contributed by atoms with Crippen LogP contribution in [0.5, 0.6) is 0 Å². The zero-order valence-corrected chi connectivity index (χ0v) is 12.3. The number of nitrogens with zero attached hydrogens (tertiary/aromatic N) is 3. The van der Waals surface area contributed by atoms with Gasteiger partial charge in [0.2, 0.25) is 5.91 Å². The van der Waals surface area contributed by atoms with Crippen molar-refractivity contribution in [3.63, 3.8) is 0 Å². The second kappa shape index (κ2) is 6.04. The van der Waals surface area contributed by atoms with Gasteiger partial charge < -0.3 is 14.9 Å². The molecule has 0 aromatic carbocycles. The first kappa shape index (κ1) is 14.5. The average Bonchev–Trinajstić information content (AvgIpc) is 2.99. The zero-order chi connectivity index (χ0) is 14.7. The van der Waals surface area contributed by atoms with E-state index >= 15 is 0 Å². The first-order valence-electron chi connectivity index (χ1n) is 6.35. The molecule has 7 heteroatoms. The van der Waals surface area contributed by atoms with E-state index in [9.17, 15) is 9.59 Å². The van der Waals surface area contributed by atoms with Crippen LogP contribution >= 0.6 is 11.3 Å². The molecule has 0 atom stereocenters. The minimum atomic E-state index is -1.04. The molecule has 1 aliphatic heterocycles. The van der Waals surface area contributed by atoms with Crippen molar-refractivity contribution in [3.05, 3.63) is 22.7 Å². The average molecular weight is 295 g/mol. The Balaban J connectivity index is 1.99. The van der Waals surface area contributed by atoms with Crippen molar-refractivity contribution in [2.45, 2.75) is 13.8 Å². The van der Waals surface area contributed by atoms with Gasteiger partial charge in [0.05, 0.1) is 0 Å². The summed E-state index contributed by atoms with van der Waals surface area (Å²) in [5, 5.41) is 11.8. The fourth-order valence-corrected chi connectivity index (χ4v) is 2.73. The quantitative estimate of drug-likeness (QED) is 0.849. The Bertz CT molecular complexity index is 531. The number of carbonyl (C=O) groups excluding carboxylic acids is 1. The molecule has 108 valence electrons. The van der Waals surface area contributed by atoms with Crippen LogP contribution in [0.4, 0.5) is 5.13 Å². The van der Waals surface area contributed by atoms with Crippen molar-refractivity contribution in [1.82, 2.24) is 9.88 Å². The molecule has 1 N–H and O–H groups in total. The van der Waals surface area contributed by atoms with Gasteiger partial charge in [-0.15, -0.1) is 11.3 Å². The molecule has 0 radical (unpaired) electrons. The maximum atomic E-state index is 12.2. The van der Waals surface area contributed by atoms with Gasteiger partial charge in [-0.3, -0.25) is 4.79 Å². The summed E-state index contributed by atoms with van der Waals surface area (Å²) in [7, 11) is 0.